The molecule has 2 heterocycles. The Morgan fingerprint density at radius 1 is 0.944 bits per heavy atom. The lowest BCUT2D eigenvalue weighted by atomic mass is 10.0. The highest BCUT2D eigenvalue weighted by atomic mass is 32.2. The summed E-state index contributed by atoms with van der Waals surface area (Å²) in [4.78, 5) is 0.155. The smallest absolute Gasteiger partial charge is 0.361 e. The van der Waals surface area contributed by atoms with E-state index in [9.17, 15) is 13.0 Å². The first-order valence-electron chi connectivity index (χ1n) is 12.1. The molecule has 2 aromatic carbocycles. The molecule has 10 heteroatoms. The summed E-state index contributed by atoms with van der Waals surface area (Å²) in [6, 6.07) is 16.2. The van der Waals surface area contributed by atoms with Crippen molar-refractivity contribution < 1.29 is 36.2 Å². The van der Waals surface area contributed by atoms with E-state index < -0.39 is 41.0 Å². The number of aryl methyl sites for hydroxylation is 1. The number of rotatable bonds is 11. The fourth-order valence-corrected chi connectivity index (χ4v) is 8.99. The van der Waals surface area contributed by atoms with Gasteiger partial charge in [0.2, 0.25) is 6.29 Å². The first kappa shape index (κ1) is 27.0. The summed E-state index contributed by atoms with van der Waals surface area (Å²) >= 11 is 0. The van der Waals surface area contributed by atoms with Crippen molar-refractivity contribution in [3.63, 3.8) is 0 Å². The molecule has 0 saturated carbocycles. The number of fused-ring (bicyclic) bond motifs is 1. The standard InChI is InChI=1S/C26H33O8PS/c1-5-31-35(27,32-6-2)24-19(4)33-26-23(24)25(36(28,29)21-14-12-18(3)13-15-21)22(34-26)17-30-16-20-10-8-7-9-11-20/h7-15,22-23,25-26H,5-6,16-17H2,1-4H3/t22-,23+,25-,26-/m1/s1. The minimum absolute atomic E-state index is 0.0148. The Morgan fingerprint density at radius 3 is 2.19 bits per heavy atom. The molecule has 0 bridgehead atoms. The van der Waals surface area contributed by atoms with Crippen molar-refractivity contribution in [1.29, 1.82) is 0 Å². The van der Waals surface area contributed by atoms with E-state index >= 15 is 0 Å². The maximum absolute atomic E-state index is 14.0. The Hall–Kier alpha value is -2.00. The third-order valence-electron chi connectivity index (χ3n) is 6.29. The predicted octanol–water partition coefficient (Wildman–Crippen LogP) is 5.22. The van der Waals surface area contributed by atoms with Gasteiger partial charge in [0, 0.05) is 0 Å². The number of hydrogen-bond donors (Lipinski definition) is 0. The molecular weight excluding hydrogens is 503 g/mol. The highest BCUT2D eigenvalue weighted by Crippen LogP contribution is 2.65. The Morgan fingerprint density at radius 2 is 1.58 bits per heavy atom. The molecule has 0 unspecified atom stereocenters. The molecule has 4 rings (SSSR count). The summed E-state index contributed by atoms with van der Waals surface area (Å²) in [6.45, 7) is 7.52. The normalized spacial score (nSPS) is 24.1. The van der Waals surface area contributed by atoms with Crippen LogP contribution in [0.4, 0.5) is 0 Å². The molecule has 8 nitrogen and oxygen atoms in total. The van der Waals surface area contributed by atoms with Gasteiger partial charge in [-0.1, -0.05) is 48.0 Å². The van der Waals surface area contributed by atoms with Gasteiger partial charge >= 0.3 is 7.60 Å². The Bertz CT molecular complexity index is 1220. The molecule has 0 aromatic heterocycles. The topological polar surface area (TPSA) is 97.4 Å². The van der Waals surface area contributed by atoms with E-state index in [1.165, 1.54) is 0 Å². The Balaban J connectivity index is 1.71. The van der Waals surface area contributed by atoms with Gasteiger partial charge in [0.1, 0.15) is 17.1 Å². The number of allylic oxidation sites excluding steroid dienone is 1. The maximum atomic E-state index is 14.0. The molecule has 196 valence electrons. The Labute approximate surface area is 213 Å². The third-order valence-corrected chi connectivity index (χ3v) is 10.9. The van der Waals surface area contributed by atoms with Crippen molar-refractivity contribution >= 4 is 17.4 Å². The van der Waals surface area contributed by atoms with Gasteiger partial charge in [0.25, 0.3) is 0 Å². The van der Waals surface area contributed by atoms with Crippen molar-refractivity contribution in [2.75, 3.05) is 19.8 Å². The summed E-state index contributed by atoms with van der Waals surface area (Å²) < 4.78 is 71.1. The molecule has 1 saturated heterocycles. The van der Waals surface area contributed by atoms with Crippen LogP contribution in [0.5, 0.6) is 0 Å². The largest absolute Gasteiger partial charge is 0.468 e. The second-order valence-electron chi connectivity index (χ2n) is 8.78. The molecular formula is C26H33O8PS. The molecule has 2 aromatic rings. The molecule has 1 fully saturated rings. The SMILES string of the molecule is CCOP(=O)(OCC)C1=C(C)O[C@@H]2O[C@H](COCc3ccccc3)[C@@H](S(=O)(=O)c3ccc(C)cc3)[C@H]12. The van der Waals surface area contributed by atoms with Gasteiger partial charge in [-0.15, -0.1) is 0 Å². The zero-order valence-corrected chi connectivity index (χ0v) is 22.7. The van der Waals surface area contributed by atoms with Crippen LogP contribution < -0.4 is 0 Å². The van der Waals surface area contributed by atoms with Crippen molar-refractivity contribution in [3.8, 4) is 0 Å². The molecule has 0 amide bonds. The minimum atomic E-state index is -3.95. The van der Waals surface area contributed by atoms with Crippen LogP contribution >= 0.6 is 7.60 Å². The van der Waals surface area contributed by atoms with Crippen molar-refractivity contribution in [1.82, 2.24) is 0 Å². The predicted molar refractivity (Wildman–Crippen MR) is 135 cm³/mol. The molecule has 36 heavy (non-hydrogen) atoms. The van der Waals surface area contributed by atoms with E-state index in [1.54, 1.807) is 45.0 Å². The van der Waals surface area contributed by atoms with Crippen molar-refractivity contribution in [2.45, 2.75) is 56.8 Å². The summed E-state index contributed by atoms with van der Waals surface area (Å²) in [6.07, 6.45) is -1.79. The number of hydrogen-bond acceptors (Lipinski definition) is 8. The van der Waals surface area contributed by atoms with Crippen molar-refractivity contribution in [3.05, 3.63) is 76.8 Å². The summed E-state index contributed by atoms with van der Waals surface area (Å²) in [5, 5.41) is -0.884. The maximum Gasteiger partial charge on any atom is 0.361 e. The molecule has 0 aliphatic carbocycles. The quantitative estimate of drug-likeness (QED) is 0.361. The average Bonchev–Trinajstić information content (AvgIpc) is 3.34. The van der Waals surface area contributed by atoms with Crippen LogP contribution in [-0.2, 0) is 44.3 Å². The van der Waals surface area contributed by atoms with Crippen LogP contribution in [0.25, 0.3) is 0 Å². The van der Waals surface area contributed by atoms with Gasteiger partial charge in [0.05, 0.1) is 42.6 Å². The van der Waals surface area contributed by atoms with Crippen LogP contribution in [0.1, 0.15) is 31.9 Å². The summed E-state index contributed by atoms with van der Waals surface area (Å²) in [5.41, 5.74) is 1.90. The van der Waals surface area contributed by atoms with E-state index in [1.807, 2.05) is 37.3 Å². The molecule has 2 aliphatic heterocycles. The third kappa shape index (κ3) is 5.32. The lowest BCUT2D eigenvalue weighted by molar-refractivity contribution is -0.121. The van der Waals surface area contributed by atoms with Gasteiger partial charge in [-0.05, 0) is 45.4 Å². The van der Waals surface area contributed by atoms with E-state index in [-0.39, 0.29) is 30.0 Å². The van der Waals surface area contributed by atoms with Crippen LogP contribution in [-0.4, -0.2) is 45.9 Å². The van der Waals surface area contributed by atoms with Crippen molar-refractivity contribution in [2.24, 2.45) is 5.92 Å². The summed E-state index contributed by atoms with van der Waals surface area (Å²) in [7, 11) is -7.78. The summed E-state index contributed by atoms with van der Waals surface area (Å²) in [5.74, 6) is -0.562. The number of sulfone groups is 1. The van der Waals surface area contributed by atoms with Gasteiger partial charge in [-0.2, -0.15) is 0 Å². The second-order valence-corrected chi connectivity index (χ2v) is 12.9. The first-order valence-corrected chi connectivity index (χ1v) is 15.1. The number of ether oxygens (including phenoxy) is 3. The minimum Gasteiger partial charge on any atom is -0.468 e. The second kappa shape index (κ2) is 11.2. The zero-order valence-electron chi connectivity index (χ0n) is 21.0. The lowest BCUT2D eigenvalue weighted by Crippen LogP contribution is -2.38. The monoisotopic (exact) mass is 536 g/mol. The highest BCUT2D eigenvalue weighted by Gasteiger charge is 2.61. The lowest BCUT2D eigenvalue weighted by Gasteiger charge is -2.26. The molecule has 0 spiro atoms. The Kier molecular flexibility index (Phi) is 8.39. The highest BCUT2D eigenvalue weighted by molar-refractivity contribution is 7.92. The van der Waals surface area contributed by atoms with E-state index in [2.05, 4.69) is 0 Å². The van der Waals surface area contributed by atoms with Gasteiger partial charge in [-0.3, -0.25) is 4.57 Å². The first-order chi connectivity index (χ1) is 17.2. The molecule has 4 atom stereocenters. The van der Waals surface area contributed by atoms with E-state index in [0.717, 1.165) is 11.1 Å². The van der Waals surface area contributed by atoms with Gasteiger partial charge in [-0.25, -0.2) is 8.42 Å². The average molecular weight is 537 g/mol. The fraction of sp³-hybridized carbons (Fsp3) is 0.462. The van der Waals surface area contributed by atoms with Gasteiger partial charge < -0.3 is 23.3 Å². The fourth-order valence-electron chi connectivity index (χ4n) is 4.75. The van der Waals surface area contributed by atoms with Crippen LogP contribution in [0, 0.1) is 12.8 Å². The van der Waals surface area contributed by atoms with Crippen LogP contribution in [0.15, 0.2) is 70.6 Å². The number of benzene rings is 2. The van der Waals surface area contributed by atoms with E-state index in [0.29, 0.717) is 12.4 Å². The van der Waals surface area contributed by atoms with Crippen LogP contribution in [0.3, 0.4) is 0 Å². The van der Waals surface area contributed by atoms with E-state index in [4.69, 9.17) is 23.3 Å². The van der Waals surface area contributed by atoms with Gasteiger partial charge in [0.15, 0.2) is 9.84 Å². The molecule has 2 aliphatic rings. The molecule has 0 radical (unpaired) electrons. The van der Waals surface area contributed by atoms with Crippen LogP contribution in [0.2, 0.25) is 0 Å². The molecule has 0 N–H and O–H groups in total. The zero-order chi connectivity index (χ0) is 25.9.